The summed E-state index contributed by atoms with van der Waals surface area (Å²) in [5.74, 6) is -0.795. The van der Waals surface area contributed by atoms with Crippen LogP contribution in [0.3, 0.4) is 0 Å². The number of nitrogens with zero attached hydrogens (tertiary/aromatic N) is 1. The first-order valence-corrected chi connectivity index (χ1v) is 6.33. The Kier molecular flexibility index (Phi) is 5.91. The largest absolute Gasteiger partial charge is 0.481 e. The van der Waals surface area contributed by atoms with Gasteiger partial charge in [0.2, 0.25) is 0 Å². The van der Waals surface area contributed by atoms with Crippen LogP contribution in [0.4, 0.5) is 4.79 Å². The number of ether oxygens (including phenoxy) is 1. The lowest BCUT2D eigenvalue weighted by Gasteiger charge is -2.20. The molecule has 1 aliphatic rings. The van der Waals surface area contributed by atoms with Gasteiger partial charge in [-0.05, 0) is 26.2 Å². The Morgan fingerprint density at radius 1 is 1.56 bits per heavy atom. The van der Waals surface area contributed by atoms with Gasteiger partial charge in [-0.15, -0.1) is 0 Å². The summed E-state index contributed by atoms with van der Waals surface area (Å²) in [6.07, 6.45) is 2.42. The van der Waals surface area contributed by atoms with Gasteiger partial charge >= 0.3 is 12.0 Å². The van der Waals surface area contributed by atoms with Crippen LogP contribution in [0.5, 0.6) is 0 Å². The minimum absolute atomic E-state index is 0.00144. The molecule has 0 aromatic rings. The monoisotopic (exact) mass is 258 g/mol. The highest BCUT2D eigenvalue weighted by Crippen LogP contribution is 2.12. The van der Waals surface area contributed by atoms with Gasteiger partial charge in [-0.3, -0.25) is 4.79 Å². The normalized spacial score (nSPS) is 20.8. The first kappa shape index (κ1) is 14.8. The van der Waals surface area contributed by atoms with Crippen LogP contribution in [0, 0.1) is 0 Å². The van der Waals surface area contributed by atoms with Crippen molar-refractivity contribution in [2.45, 2.75) is 44.8 Å². The number of likely N-dealkylation sites (tertiary alicyclic amines) is 1. The van der Waals surface area contributed by atoms with Crippen molar-refractivity contribution < 1.29 is 19.4 Å². The molecule has 2 unspecified atom stereocenters. The summed E-state index contributed by atoms with van der Waals surface area (Å²) in [5, 5.41) is 11.4. The van der Waals surface area contributed by atoms with E-state index in [1.54, 1.807) is 12.0 Å². The molecule has 1 aliphatic heterocycles. The van der Waals surface area contributed by atoms with E-state index >= 15 is 0 Å². The van der Waals surface area contributed by atoms with Crippen LogP contribution in [0.2, 0.25) is 0 Å². The number of nitrogens with one attached hydrogen (secondary N) is 1. The number of amides is 2. The molecule has 0 aromatic heterocycles. The van der Waals surface area contributed by atoms with E-state index in [1.165, 1.54) is 0 Å². The summed E-state index contributed by atoms with van der Waals surface area (Å²) in [7, 11) is 1.65. The molecule has 1 heterocycles. The number of rotatable bonds is 6. The Balaban J connectivity index is 2.21. The van der Waals surface area contributed by atoms with Gasteiger partial charge in [0.1, 0.15) is 0 Å². The molecule has 1 fully saturated rings. The Morgan fingerprint density at radius 3 is 2.83 bits per heavy atom. The standard InChI is InChI=1S/C12H22N2O4/c1-9(4-3-5-11(15)16)13-12(17)14-7-6-10(8-14)18-2/h9-10H,3-8H2,1-2H3,(H,13,17)(H,15,16). The highest BCUT2D eigenvalue weighted by molar-refractivity contribution is 5.74. The average Bonchev–Trinajstić information content (AvgIpc) is 2.76. The van der Waals surface area contributed by atoms with E-state index in [9.17, 15) is 9.59 Å². The summed E-state index contributed by atoms with van der Waals surface area (Å²) < 4.78 is 5.20. The van der Waals surface area contributed by atoms with Crippen molar-refractivity contribution in [3.05, 3.63) is 0 Å². The molecule has 6 heteroatoms. The smallest absolute Gasteiger partial charge is 0.317 e. The third kappa shape index (κ3) is 4.91. The molecule has 1 saturated heterocycles. The number of hydrogen-bond acceptors (Lipinski definition) is 3. The molecule has 0 saturated carbocycles. The van der Waals surface area contributed by atoms with Crippen molar-refractivity contribution in [2.75, 3.05) is 20.2 Å². The fourth-order valence-corrected chi connectivity index (χ4v) is 2.04. The molecule has 0 spiro atoms. The molecule has 0 radical (unpaired) electrons. The number of hydrogen-bond donors (Lipinski definition) is 2. The lowest BCUT2D eigenvalue weighted by Crippen LogP contribution is -2.43. The number of urea groups is 1. The topological polar surface area (TPSA) is 78.9 Å². The number of carboxylic acid groups (broad SMARTS) is 1. The molecule has 2 N–H and O–H groups in total. The van der Waals surface area contributed by atoms with Gasteiger partial charge in [0.15, 0.2) is 0 Å². The van der Waals surface area contributed by atoms with Crippen LogP contribution in [-0.4, -0.2) is 54.4 Å². The molecule has 2 atom stereocenters. The fraction of sp³-hybridized carbons (Fsp3) is 0.833. The zero-order valence-electron chi connectivity index (χ0n) is 11.0. The highest BCUT2D eigenvalue weighted by atomic mass is 16.5. The highest BCUT2D eigenvalue weighted by Gasteiger charge is 2.26. The van der Waals surface area contributed by atoms with Gasteiger partial charge in [-0.25, -0.2) is 4.79 Å². The maximum atomic E-state index is 11.9. The van der Waals surface area contributed by atoms with Crippen molar-refractivity contribution in [1.82, 2.24) is 10.2 Å². The van der Waals surface area contributed by atoms with E-state index in [1.807, 2.05) is 6.92 Å². The van der Waals surface area contributed by atoms with E-state index in [0.29, 0.717) is 25.9 Å². The molecule has 2 amide bonds. The summed E-state index contributed by atoms with van der Waals surface area (Å²) >= 11 is 0. The number of methoxy groups -OCH3 is 1. The van der Waals surface area contributed by atoms with Gasteiger partial charge in [0.25, 0.3) is 0 Å². The molecule has 104 valence electrons. The lowest BCUT2D eigenvalue weighted by atomic mass is 10.1. The zero-order chi connectivity index (χ0) is 13.5. The fourth-order valence-electron chi connectivity index (χ4n) is 2.04. The quantitative estimate of drug-likeness (QED) is 0.746. The zero-order valence-corrected chi connectivity index (χ0v) is 11.0. The number of aliphatic carboxylic acids is 1. The van der Waals surface area contributed by atoms with Crippen LogP contribution in [-0.2, 0) is 9.53 Å². The summed E-state index contributed by atoms with van der Waals surface area (Å²) in [4.78, 5) is 24.0. The van der Waals surface area contributed by atoms with Crippen LogP contribution >= 0.6 is 0 Å². The van der Waals surface area contributed by atoms with Crippen molar-refractivity contribution in [1.29, 1.82) is 0 Å². The number of carbonyl (C=O) groups excluding carboxylic acids is 1. The van der Waals surface area contributed by atoms with Crippen LogP contribution < -0.4 is 5.32 Å². The lowest BCUT2D eigenvalue weighted by molar-refractivity contribution is -0.137. The maximum absolute atomic E-state index is 11.9. The minimum Gasteiger partial charge on any atom is -0.481 e. The number of carbonyl (C=O) groups is 2. The summed E-state index contributed by atoms with van der Waals surface area (Å²) in [6, 6.07) is -0.0872. The third-order valence-electron chi connectivity index (χ3n) is 3.16. The minimum atomic E-state index is -0.795. The molecule has 6 nitrogen and oxygen atoms in total. The molecule has 0 aromatic carbocycles. The van der Waals surface area contributed by atoms with E-state index < -0.39 is 5.97 Å². The van der Waals surface area contributed by atoms with E-state index in [4.69, 9.17) is 9.84 Å². The van der Waals surface area contributed by atoms with Crippen molar-refractivity contribution in [3.63, 3.8) is 0 Å². The van der Waals surface area contributed by atoms with Gasteiger partial charge in [0.05, 0.1) is 6.10 Å². The second-order valence-electron chi connectivity index (χ2n) is 4.73. The number of carboxylic acids is 1. The predicted octanol–water partition coefficient (Wildman–Crippen LogP) is 1.06. The van der Waals surface area contributed by atoms with Gasteiger partial charge < -0.3 is 20.1 Å². The van der Waals surface area contributed by atoms with Crippen molar-refractivity contribution >= 4 is 12.0 Å². The Bertz CT molecular complexity index is 296. The molecular formula is C12H22N2O4. The van der Waals surface area contributed by atoms with Gasteiger partial charge in [-0.2, -0.15) is 0 Å². The van der Waals surface area contributed by atoms with Crippen LogP contribution in [0.15, 0.2) is 0 Å². The van der Waals surface area contributed by atoms with E-state index in [-0.39, 0.29) is 24.6 Å². The average molecular weight is 258 g/mol. The molecule has 0 bridgehead atoms. The SMILES string of the molecule is COC1CCN(C(=O)NC(C)CCCC(=O)O)C1. The first-order valence-electron chi connectivity index (χ1n) is 6.33. The Labute approximate surface area is 107 Å². The van der Waals surface area contributed by atoms with Crippen molar-refractivity contribution in [3.8, 4) is 0 Å². The van der Waals surface area contributed by atoms with Crippen LogP contribution in [0.1, 0.15) is 32.6 Å². The molecule has 1 rings (SSSR count). The van der Waals surface area contributed by atoms with E-state index in [0.717, 1.165) is 6.42 Å². The second-order valence-corrected chi connectivity index (χ2v) is 4.73. The van der Waals surface area contributed by atoms with Crippen LogP contribution in [0.25, 0.3) is 0 Å². The first-order chi connectivity index (χ1) is 8.52. The van der Waals surface area contributed by atoms with E-state index in [2.05, 4.69) is 5.32 Å². The van der Waals surface area contributed by atoms with Gasteiger partial charge in [0, 0.05) is 32.7 Å². The van der Waals surface area contributed by atoms with Gasteiger partial charge in [-0.1, -0.05) is 0 Å². The molecule has 18 heavy (non-hydrogen) atoms. The maximum Gasteiger partial charge on any atom is 0.317 e. The Hall–Kier alpha value is -1.30. The van der Waals surface area contributed by atoms with Crippen molar-refractivity contribution in [2.24, 2.45) is 0 Å². The summed E-state index contributed by atoms with van der Waals surface area (Å²) in [6.45, 7) is 3.24. The predicted molar refractivity (Wildman–Crippen MR) is 66.5 cm³/mol. The summed E-state index contributed by atoms with van der Waals surface area (Å²) in [5.41, 5.74) is 0. The molecule has 0 aliphatic carbocycles. The third-order valence-corrected chi connectivity index (χ3v) is 3.16. The Morgan fingerprint density at radius 2 is 2.28 bits per heavy atom. The molecular weight excluding hydrogens is 236 g/mol. The second kappa shape index (κ2) is 7.20.